The molecule has 2 N–H and O–H groups in total. The third-order valence-corrected chi connectivity index (χ3v) is 4.67. The minimum Gasteiger partial charge on any atom is -0.494 e. The zero-order chi connectivity index (χ0) is 22.2. The van der Waals surface area contributed by atoms with E-state index in [2.05, 4.69) is 15.8 Å². The van der Waals surface area contributed by atoms with E-state index in [1.54, 1.807) is 67.6 Å². The van der Waals surface area contributed by atoms with Crippen molar-refractivity contribution in [2.24, 2.45) is 5.10 Å². The second kappa shape index (κ2) is 10.4. The van der Waals surface area contributed by atoms with E-state index in [0.717, 1.165) is 5.56 Å². The molecule has 0 bridgehead atoms. The van der Waals surface area contributed by atoms with Gasteiger partial charge in [0.15, 0.2) is 0 Å². The zero-order valence-corrected chi connectivity index (χ0v) is 17.9. The van der Waals surface area contributed by atoms with Crippen LogP contribution in [0.15, 0.2) is 77.9 Å². The molecule has 0 aliphatic heterocycles. The standard InChI is InChI=1S/C24H22ClN3O3/c1-3-31-22-14-8-19(9-15-22)24(30)28-27-16(2)17-6-12-21(13-7-17)26-23(29)18-4-10-20(25)11-5-18/h4-15H,3H2,1-2H3,(H,26,29)(H,28,30). The second-order valence-electron chi connectivity index (χ2n) is 6.63. The lowest BCUT2D eigenvalue weighted by Gasteiger charge is -2.07. The van der Waals surface area contributed by atoms with Crippen LogP contribution in [0.4, 0.5) is 5.69 Å². The van der Waals surface area contributed by atoms with E-state index in [1.165, 1.54) is 0 Å². The highest BCUT2D eigenvalue weighted by molar-refractivity contribution is 6.30. The Labute approximate surface area is 185 Å². The molecular formula is C24H22ClN3O3. The van der Waals surface area contributed by atoms with Crippen LogP contribution in [-0.4, -0.2) is 24.1 Å². The molecule has 0 aromatic heterocycles. The Morgan fingerprint density at radius 2 is 1.39 bits per heavy atom. The van der Waals surface area contributed by atoms with E-state index in [9.17, 15) is 9.59 Å². The van der Waals surface area contributed by atoms with Crippen LogP contribution in [0.2, 0.25) is 5.02 Å². The molecule has 7 heteroatoms. The molecule has 0 atom stereocenters. The predicted octanol–water partition coefficient (Wildman–Crippen LogP) is 5.15. The van der Waals surface area contributed by atoms with Crippen molar-refractivity contribution in [2.75, 3.05) is 11.9 Å². The van der Waals surface area contributed by atoms with Gasteiger partial charge in [-0.15, -0.1) is 0 Å². The number of amides is 2. The van der Waals surface area contributed by atoms with E-state index in [-0.39, 0.29) is 11.8 Å². The molecule has 31 heavy (non-hydrogen) atoms. The number of nitrogens with zero attached hydrogens (tertiary/aromatic N) is 1. The zero-order valence-electron chi connectivity index (χ0n) is 17.2. The maximum atomic E-state index is 12.3. The van der Waals surface area contributed by atoms with E-state index >= 15 is 0 Å². The summed E-state index contributed by atoms with van der Waals surface area (Å²) in [5.74, 6) is 0.175. The van der Waals surface area contributed by atoms with Crippen LogP contribution in [0.25, 0.3) is 0 Å². The summed E-state index contributed by atoms with van der Waals surface area (Å²) in [6, 6.07) is 20.7. The van der Waals surface area contributed by atoms with Crippen molar-refractivity contribution in [3.8, 4) is 5.75 Å². The summed E-state index contributed by atoms with van der Waals surface area (Å²) in [5, 5.41) is 7.56. The fraction of sp³-hybridized carbons (Fsp3) is 0.125. The molecule has 0 heterocycles. The van der Waals surface area contributed by atoms with Gasteiger partial charge < -0.3 is 10.1 Å². The third kappa shape index (κ3) is 6.17. The molecule has 0 saturated carbocycles. The molecule has 0 aliphatic rings. The Balaban J connectivity index is 1.59. The molecule has 0 saturated heterocycles. The minimum atomic E-state index is -0.311. The van der Waals surface area contributed by atoms with Crippen LogP contribution >= 0.6 is 11.6 Å². The van der Waals surface area contributed by atoms with Gasteiger partial charge in [0.1, 0.15) is 5.75 Å². The summed E-state index contributed by atoms with van der Waals surface area (Å²) in [6.45, 7) is 4.26. The number of halogens is 1. The molecule has 0 aliphatic carbocycles. The Morgan fingerprint density at radius 1 is 0.839 bits per heavy atom. The largest absolute Gasteiger partial charge is 0.494 e. The lowest BCUT2D eigenvalue weighted by atomic mass is 10.1. The van der Waals surface area contributed by atoms with Gasteiger partial charge in [-0.3, -0.25) is 9.59 Å². The van der Waals surface area contributed by atoms with E-state index in [4.69, 9.17) is 16.3 Å². The summed E-state index contributed by atoms with van der Waals surface area (Å²) in [4.78, 5) is 24.5. The summed E-state index contributed by atoms with van der Waals surface area (Å²) >= 11 is 5.85. The lowest BCUT2D eigenvalue weighted by molar-refractivity contribution is 0.0954. The highest BCUT2D eigenvalue weighted by Crippen LogP contribution is 2.15. The number of anilines is 1. The fourth-order valence-corrected chi connectivity index (χ4v) is 2.86. The minimum absolute atomic E-state index is 0.225. The molecule has 3 aromatic rings. The molecule has 3 rings (SSSR count). The first-order chi connectivity index (χ1) is 15.0. The number of carbonyl (C=O) groups excluding carboxylic acids is 2. The van der Waals surface area contributed by atoms with Gasteiger partial charge in [0.05, 0.1) is 12.3 Å². The molecule has 3 aromatic carbocycles. The number of hydrogen-bond donors (Lipinski definition) is 2. The van der Waals surface area contributed by atoms with Crippen molar-refractivity contribution < 1.29 is 14.3 Å². The highest BCUT2D eigenvalue weighted by Gasteiger charge is 2.08. The van der Waals surface area contributed by atoms with Gasteiger partial charge in [0, 0.05) is 21.8 Å². The maximum absolute atomic E-state index is 12.3. The summed E-state index contributed by atoms with van der Waals surface area (Å²) in [5.41, 5.74) is 5.65. The molecule has 0 spiro atoms. The van der Waals surface area contributed by atoms with Crippen LogP contribution < -0.4 is 15.5 Å². The average Bonchev–Trinajstić information content (AvgIpc) is 2.79. The normalized spacial score (nSPS) is 11.0. The van der Waals surface area contributed by atoms with Gasteiger partial charge in [-0.05, 0) is 80.1 Å². The van der Waals surface area contributed by atoms with Crippen LogP contribution in [0, 0.1) is 0 Å². The van der Waals surface area contributed by atoms with Gasteiger partial charge >= 0.3 is 0 Å². The van der Waals surface area contributed by atoms with Crippen LogP contribution in [0.5, 0.6) is 5.75 Å². The SMILES string of the molecule is CCOc1ccc(C(=O)NN=C(C)c2ccc(NC(=O)c3ccc(Cl)cc3)cc2)cc1. The van der Waals surface area contributed by atoms with Crippen LogP contribution in [0.3, 0.4) is 0 Å². The molecule has 0 unspecified atom stereocenters. The molecule has 0 fully saturated rings. The molecule has 158 valence electrons. The van der Waals surface area contributed by atoms with Crippen molar-refractivity contribution in [1.82, 2.24) is 5.43 Å². The van der Waals surface area contributed by atoms with Crippen molar-refractivity contribution in [2.45, 2.75) is 13.8 Å². The predicted molar refractivity (Wildman–Crippen MR) is 123 cm³/mol. The summed E-state index contributed by atoms with van der Waals surface area (Å²) < 4.78 is 5.37. The van der Waals surface area contributed by atoms with E-state index in [1.807, 2.05) is 19.1 Å². The van der Waals surface area contributed by atoms with Crippen LogP contribution in [0.1, 0.15) is 40.1 Å². The molecule has 2 amide bonds. The smallest absolute Gasteiger partial charge is 0.271 e. The number of ether oxygens (including phenoxy) is 1. The van der Waals surface area contributed by atoms with Crippen molar-refractivity contribution in [3.05, 3.63) is 94.5 Å². The number of hydrazone groups is 1. The molecule has 0 radical (unpaired) electrons. The van der Waals surface area contributed by atoms with E-state index < -0.39 is 0 Å². The molecular weight excluding hydrogens is 414 g/mol. The Hall–Kier alpha value is -3.64. The van der Waals surface area contributed by atoms with Gasteiger partial charge in [-0.25, -0.2) is 5.43 Å². The first-order valence-electron chi connectivity index (χ1n) is 9.71. The number of hydrogen-bond acceptors (Lipinski definition) is 4. The summed E-state index contributed by atoms with van der Waals surface area (Å²) in [6.07, 6.45) is 0. The summed E-state index contributed by atoms with van der Waals surface area (Å²) in [7, 11) is 0. The van der Waals surface area contributed by atoms with E-state index in [0.29, 0.717) is 39.9 Å². The Kier molecular flexibility index (Phi) is 7.40. The van der Waals surface area contributed by atoms with Crippen molar-refractivity contribution >= 4 is 34.8 Å². The second-order valence-corrected chi connectivity index (χ2v) is 7.07. The topological polar surface area (TPSA) is 79.8 Å². The number of nitrogens with one attached hydrogen (secondary N) is 2. The van der Waals surface area contributed by atoms with Gasteiger partial charge in [-0.2, -0.15) is 5.10 Å². The third-order valence-electron chi connectivity index (χ3n) is 4.42. The number of rotatable bonds is 7. The van der Waals surface area contributed by atoms with Gasteiger partial charge in [-0.1, -0.05) is 23.7 Å². The number of benzene rings is 3. The van der Waals surface area contributed by atoms with Gasteiger partial charge in [0.25, 0.3) is 11.8 Å². The van der Waals surface area contributed by atoms with Crippen molar-refractivity contribution in [1.29, 1.82) is 0 Å². The monoisotopic (exact) mass is 435 g/mol. The van der Waals surface area contributed by atoms with Gasteiger partial charge in [0.2, 0.25) is 0 Å². The molecule has 6 nitrogen and oxygen atoms in total. The average molecular weight is 436 g/mol. The highest BCUT2D eigenvalue weighted by atomic mass is 35.5. The first kappa shape index (κ1) is 22.1. The first-order valence-corrected chi connectivity index (χ1v) is 10.1. The Bertz CT molecular complexity index is 1080. The van der Waals surface area contributed by atoms with Crippen molar-refractivity contribution in [3.63, 3.8) is 0 Å². The Morgan fingerprint density at radius 3 is 2.00 bits per heavy atom. The number of carbonyl (C=O) groups is 2. The fourth-order valence-electron chi connectivity index (χ4n) is 2.73. The maximum Gasteiger partial charge on any atom is 0.271 e. The van der Waals surface area contributed by atoms with Crippen LogP contribution in [-0.2, 0) is 0 Å². The lowest BCUT2D eigenvalue weighted by Crippen LogP contribution is -2.19. The quantitative estimate of drug-likeness (QED) is 0.398.